The van der Waals surface area contributed by atoms with Gasteiger partial charge in [0, 0.05) is 11.2 Å². The van der Waals surface area contributed by atoms with Gasteiger partial charge in [0.2, 0.25) is 0 Å². The minimum Gasteiger partial charge on any atom is -0.245 e. The van der Waals surface area contributed by atoms with Gasteiger partial charge in [-0.15, -0.1) is 0 Å². The van der Waals surface area contributed by atoms with Crippen molar-refractivity contribution >= 4 is 10.8 Å². The van der Waals surface area contributed by atoms with Gasteiger partial charge in [0.1, 0.15) is 10.8 Å². The average molecular weight is 431 g/mol. The first-order chi connectivity index (χ1) is 14.1. The third-order valence-electron chi connectivity index (χ3n) is 10.5. The smallest absolute Gasteiger partial charge is 0.103 e. The Morgan fingerprint density at radius 2 is 1.67 bits per heavy atom. The van der Waals surface area contributed by atoms with Gasteiger partial charge in [-0.05, 0) is 124 Å². The van der Waals surface area contributed by atoms with E-state index in [9.17, 15) is 4.21 Å². The number of fused-ring (bicyclic) bond motifs is 5. The Kier molecular flexibility index (Phi) is 6.29. The van der Waals surface area contributed by atoms with Crippen molar-refractivity contribution in [2.75, 3.05) is 0 Å². The summed E-state index contributed by atoms with van der Waals surface area (Å²) in [4.78, 5) is 0. The van der Waals surface area contributed by atoms with Gasteiger partial charge in [-0.25, -0.2) is 4.21 Å². The van der Waals surface area contributed by atoms with E-state index in [-0.39, 0.29) is 4.75 Å². The van der Waals surface area contributed by atoms with Crippen LogP contribution in [0.5, 0.6) is 0 Å². The van der Waals surface area contributed by atoms with E-state index in [1.165, 1.54) is 64.2 Å². The van der Waals surface area contributed by atoms with Crippen LogP contribution in [0, 0.1) is 57.5 Å². The molecule has 4 aliphatic carbocycles. The summed E-state index contributed by atoms with van der Waals surface area (Å²) in [6.45, 7) is 13.8. The minimum atomic E-state index is -1.05. The third kappa shape index (κ3) is 3.84. The molecule has 0 aromatic heterocycles. The van der Waals surface area contributed by atoms with E-state index < -0.39 is 10.8 Å². The molecule has 2 heteroatoms. The molecule has 0 bridgehead atoms. The Labute approximate surface area is 189 Å². The van der Waals surface area contributed by atoms with Gasteiger partial charge in [0.15, 0.2) is 0 Å². The first-order valence-corrected chi connectivity index (χ1v) is 14.1. The van der Waals surface area contributed by atoms with Gasteiger partial charge in [-0.2, -0.15) is 0 Å². The molecule has 9 atom stereocenters. The van der Waals surface area contributed by atoms with Crippen molar-refractivity contribution in [3.63, 3.8) is 0 Å². The molecular formula is C28H46OS. The molecule has 0 N–H and O–H groups in total. The Hall–Kier alpha value is -0.290. The molecule has 4 rings (SSSR count). The van der Waals surface area contributed by atoms with Crippen LogP contribution in [-0.4, -0.2) is 8.96 Å². The van der Waals surface area contributed by atoms with Gasteiger partial charge in [0.05, 0.1) is 0 Å². The van der Waals surface area contributed by atoms with E-state index in [0.29, 0.717) is 16.7 Å². The summed E-state index contributed by atoms with van der Waals surface area (Å²) in [5.41, 5.74) is 1.16. The lowest BCUT2D eigenvalue weighted by molar-refractivity contribution is -0.114. The maximum Gasteiger partial charge on any atom is 0.103 e. The van der Waals surface area contributed by atoms with Crippen LogP contribution >= 0.6 is 0 Å². The van der Waals surface area contributed by atoms with Crippen molar-refractivity contribution in [1.29, 1.82) is 0 Å². The van der Waals surface area contributed by atoms with Gasteiger partial charge >= 0.3 is 0 Å². The highest BCUT2D eigenvalue weighted by Crippen LogP contribution is 2.68. The van der Waals surface area contributed by atoms with Gasteiger partial charge in [-0.3, -0.25) is 0 Å². The summed E-state index contributed by atoms with van der Waals surface area (Å²) >= 11 is 0. The molecule has 1 nitrogen and oxygen atoms in total. The zero-order chi connectivity index (χ0) is 21.7. The SMILES string of the molecule is C[C@H](CC#CS(=O)C(C)(C)C)[C@H]1CC[C@H]2[C@@H]3CCC4CCCC[C@]4(C)[C@H]3CC[C@]12C. The molecule has 4 fully saturated rings. The Bertz CT molecular complexity index is 723. The average Bonchev–Trinajstić information content (AvgIpc) is 3.04. The molecule has 0 amide bonds. The molecule has 0 aromatic carbocycles. The van der Waals surface area contributed by atoms with Crippen molar-refractivity contribution in [3.8, 4) is 11.2 Å². The maximum absolute atomic E-state index is 12.3. The monoisotopic (exact) mass is 430 g/mol. The van der Waals surface area contributed by atoms with Crippen LogP contribution in [0.15, 0.2) is 0 Å². The molecule has 4 saturated carbocycles. The molecule has 0 radical (unpaired) electrons. The predicted octanol–water partition coefficient (Wildman–Crippen LogP) is 7.57. The van der Waals surface area contributed by atoms with Crippen molar-refractivity contribution in [2.24, 2.45) is 46.3 Å². The number of hydrogen-bond donors (Lipinski definition) is 0. The fourth-order valence-electron chi connectivity index (χ4n) is 8.83. The fraction of sp³-hybridized carbons (Fsp3) is 0.929. The summed E-state index contributed by atoms with van der Waals surface area (Å²) in [5.74, 6) is 8.71. The molecule has 0 saturated heterocycles. The van der Waals surface area contributed by atoms with Crippen molar-refractivity contribution in [2.45, 2.75) is 117 Å². The highest BCUT2D eigenvalue weighted by atomic mass is 32.2. The quantitative estimate of drug-likeness (QED) is 0.413. The molecule has 170 valence electrons. The lowest BCUT2D eigenvalue weighted by atomic mass is 9.44. The van der Waals surface area contributed by atoms with Crippen LogP contribution in [0.4, 0.5) is 0 Å². The first-order valence-electron chi connectivity index (χ1n) is 13.0. The summed E-state index contributed by atoms with van der Waals surface area (Å²) in [6, 6.07) is 0. The lowest BCUT2D eigenvalue weighted by Gasteiger charge is -2.60. The van der Waals surface area contributed by atoms with E-state index in [4.69, 9.17) is 0 Å². The van der Waals surface area contributed by atoms with Crippen LogP contribution in [0.1, 0.15) is 112 Å². The van der Waals surface area contributed by atoms with Crippen LogP contribution in [0.2, 0.25) is 0 Å². The standard InChI is InChI=1S/C28H46OS/c1-20(10-9-19-30(29)26(2,3)4)23-14-15-24-22-13-12-21-11-7-8-17-27(21,5)25(22)16-18-28(23,24)6/h20-25H,7-8,10-18H2,1-6H3/t20-,21?,22+,23-,24+,25+,27+,28-,30?/m1/s1. The molecular weight excluding hydrogens is 384 g/mol. The first kappa shape index (κ1) is 22.9. The van der Waals surface area contributed by atoms with Gasteiger partial charge in [-0.1, -0.05) is 39.5 Å². The van der Waals surface area contributed by atoms with Crippen LogP contribution in [0.3, 0.4) is 0 Å². The molecule has 0 heterocycles. The summed E-state index contributed by atoms with van der Waals surface area (Å²) in [5, 5.41) is 3.07. The summed E-state index contributed by atoms with van der Waals surface area (Å²) < 4.78 is 12.1. The topological polar surface area (TPSA) is 17.1 Å². The number of hydrogen-bond acceptors (Lipinski definition) is 1. The molecule has 30 heavy (non-hydrogen) atoms. The van der Waals surface area contributed by atoms with Crippen LogP contribution < -0.4 is 0 Å². The van der Waals surface area contributed by atoms with Crippen LogP contribution in [0.25, 0.3) is 0 Å². The Morgan fingerprint density at radius 1 is 0.933 bits per heavy atom. The normalized spacial score (nSPS) is 45.3. The molecule has 0 spiro atoms. The van der Waals surface area contributed by atoms with E-state index in [1.807, 2.05) is 20.8 Å². The van der Waals surface area contributed by atoms with E-state index in [2.05, 4.69) is 31.9 Å². The van der Waals surface area contributed by atoms with Gasteiger partial charge < -0.3 is 0 Å². The van der Waals surface area contributed by atoms with Crippen LogP contribution in [-0.2, 0) is 10.8 Å². The lowest BCUT2D eigenvalue weighted by Crippen LogP contribution is -2.53. The zero-order valence-corrected chi connectivity index (χ0v) is 21.4. The largest absolute Gasteiger partial charge is 0.245 e. The second-order valence-electron chi connectivity index (χ2n) is 13.0. The highest BCUT2D eigenvalue weighted by Gasteiger charge is 2.60. The number of rotatable bonds is 2. The van der Waals surface area contributed by atoms with E-state index in [1.54, 1.807) is 0 Å². The van der Waals surface area contributed by atoms with Crippen molar-refractivity contribution in [1.82, 2.24) is 0 Å². The van der Waals surface area contributed by atoms with E-state index in [0.717, 1.165) is 36.0 Å². The Morgan fingerprint density at radius 3 is 2.40 bits per heavy atom. The molecule has 2 unspecified atom stereocenters. The van der Waals surface area contributed by atoms with Gasteiger partial charge in [0.25, 0.3) is 0 Å². The highest BCUT2D eigenvalue weighted by molar-refractivity contribution is 7.91. The molecule has 0 aromatic rings. The molecule has 0 aliphatic heterocycles. The second kappa shape index (κ2) is 8.24. The second-order valence-corrected chi connectivity index (χ2v) is 14.9. The maximum atomic E-state index is 12.3. The van der Waals surface area contributed by atoms with E-state index >= 15 is 0 Å². The zero-order valence-electron chi connectivity index (χ0n) is 20.6. The Balaban J connectivity index is 1.46. The van der Waals surface area contributed by atoms with Crippen molar-refractivity contribution in [3.05, 3.63) is 0 Å². The molecule has 4 aliphatic rings. The summed E-state index contributed by atoms with van der Waals surface area (Å²) in [7, 11) is -1.05. The fourth-order valence-corrected chi connectivity index (χ4v) is 9.35. The van der Waals surface area contributed by atoms with Crippen molar-refractivity contribution < 1.29 is 4.21 Å². The summed E-state index contributed by atoms with van der Waals surface area (Å²) in [6.07, 6.45) is 15.7. The third-order valence-corrected chi connectivity index (χ3v) is 11.9. The minimum absolute atomic E-state index is 0.229. The predicted molar refractivity (Wildman–Crippen MR) is 129 cm³/mol.